The number of aryl methyl sites for hydroxylation is 1. The predicted octanol–water partition coefficient (Wildman–Crippen LogP) is 4.64. The van der Waals surface area contributed by atoms with E-state index in [0.29, 0.717) is 6.54 Å². The van der Waals surface area contributed by atoms with Gasteiger partial charge in [-0.3, -0.25) is 4.79 Å². The molecule has 3 rings (SSSR count). The lowest BCUT2D eigenvalue weighted by molar-refractivity contribution is -0.117. The van der Waals surface area contributed by atoms with Crippen molar-refractivity contribution in [3.05, 3.63) is 96.1 Å². The highest BCUT2D eigenvalue weighted by atomic mass is 16.2. The molecular weight excluding hydrogens is 308 g/mol. The Morgan fingerprint density at radius 2 is 1.44 bits per heavy atom. The number of hydrogen-bond acceptors (Lipinski definition) is 2. The SMILES string of the molecule is Cc1ccc(NCC(=O)N(Cc2ccccc2)c2ccccc2)cc1. The Hall–Kier alpha value is -3.07. The molecule has 3 heteroatoms. The molecule has 3 aromatic rings. The number of nitrogens with zero attached hydrogens (tertiary/aromatic N) is 1. The second kappa shape index (κ2) is 8.15. The van der Waals surface area contributed by atoms with E-state index in [0.717, 1.165) is 16.9 Å². The van der Waals surface area contributed by atoms with Gasteiger partial charge >= 0.3 is 0 Å². The normalized spacial score (nSPS) is 10.3. The summed E-state index contributed by atoms with van der Waals surface area (Å²) in [5.41, 5.74) is 4.16. The number of benzene rings is 3. The van der Waals surface area contributed by atoms with Gasteiger partial charge in [0, 0.05) is 11.4 Å². The van der Waals surface area contributed by atoms with E-state index in [2.05, 4.69) is 5.32 Å². The fraction of sp³-hybridized carbons (Fsp3) is 0.136. The third-order valence-corrected chi connectivity index (χ3v) is 4.05. The van der Waals surface area contributed by atoms with Crippen LogP contribution in [0.4, 0.5) is 11.4 Å². The third-order valence-electron chi connectivity index (χ3n) is 4.05. The smallest absolute Gasteiger partial charge is 0.246 e. The van der Waals surface area contributed by atoms with Crippen LogP contribution in [0.1, 0.15) is 11.1 Å². The van der Waals surface area contributed by atoms with Crippen LogP contribution in [0.3, 0.4) is 0 Å². The third kappa shape index (κ3) is 4.70. The van der Waals surface area contributed by atoms with Crippen molar-refractivity contribution < 1.29 is 4.79 Å². The van der Waals surface area contributed by atoms with Crippen LogP contribution in [0.15, 0.2) is 84.9 Å². The zero-order valence-electron chi connectivity index (χ0n) is 14.4. The molecule has 3 nitrogen and oxygen atoms in total. The maximum atomic E-state index is 12.9. The van der Waals surface area contributed by atoms with Gasteiger partial charge < -0.3 is 10.2 Å². The van der Waals surface area contributed by atoms with Gasteiger partial charge in [-0.25, -0.2) is 0 Å². The molecule has 0 radical (unpaired) electrons. The molecule has 0 unspecified atom stereocenters. The minimum absolute atomic E-state index is 0.0376. The van der Waals surface area contributed by atoms with E-state index in [4.69, 9.17) is 0 Å². The molecule has 25 heavy (non-hydrogen) atoms. The van der Waals surface area contributed by atoms with Gasteiger partial charge in [0.2, 0.25) is 5.91 Å². The Kier molecular flexibility index (Phi) is 5.47. The topological polar surface area (TPSA) is 32.3 Å². The minimum atomic E-state index is 0.0376. The van der Waals surface area contributed by atoms with E-state index in [-0.39, 0.29) is 12.5 Å². The highest BCUT2D eigenvalue weighted by Gasteiger charge is 2.15. The molecule has 1 N–H and O–H groups in total. The van der Waals surface area contributed by atoms with Gasteiger partial charge in [-0.2, -0.15) is 0 Å². The van der Waals surface area contributed by atoms with Crippen molar-refractivity contribution in [2.75, 3.05) is 16.8 Å². The van der Waals surface area contributed by atoms with Gasteiger partial charge in [0.25, 0.3) is 0 Å². The molecule has 0 aromatic heterocycles. The zero-order chi connectivity index (χ0) is 17.5. The number of para-hydroxylation sites is 1. The first-order chi connectivity index (χ1) is 12.2. The molecule has 0 saturated heterocycles. The quantitative estimate of drug-likeness (QED) is 0.714. The predicted molar refractivity (Wildman–Crippen MR) is 104 cm³/mol. The van der Waals surface area contributed by atoms with Crippen molar-refractivity contribution in [2.45, 2.75) is 13.5 Å². The first-order valence-electron chi connectivity index (χ1n) is 8.42. The second-order valence-corrected chi connectivity index (χ2v) is 6.02. The van der Waals surface area contributed by atoms with Gasteiger partial charge in [0.1, 0.15) is 0 Å². The standard InChI is InChI=1S/C22H22N2O/c1-18-12-14-20(15-13-18)23-16-22(25)24(21-10-6-3-7-11-21)17-19-8-4-2-5-9-19/h2-15,23H,16-17H2,1H3. The maximum absolute atomic E-state index is 12.9. The molecule has 0 saturated carbocycles. The Morgan fingerprint density at radius 1 is 0.840 bits per heavy atom. The lowest BCUT2D eigenvalue weighted by atomic mass is 10.2. The van der Waals surface area contributed by atoms with Crippen molar-refractivity contribution in [3.8, 4) is 0 Å². The molecule has 0 heterocycles. The summed E-state index contributed by atoms with van der Waals surface area (Å²) in [6.07, 6.45) is 0. The number of rotatable bonds is 6. The van der Waals surface area contributed by atoms with Gasteiger partial charge in [0.15, 0.2) is 0 Å². The van der Waals surface area contributed by atoms with Crippen LogP contribution in [0.5, 0.6) is 0 Å². The summed E-state index contributed by atoms with van der Waals surface area (Å²) in [4.78, 5) is 14.7. The van der Waals surface area contributed by atoms with Crippen molar-refractivity contribution in [1.29, 1.82) is 0 Å². The maximum Gasteiger partial charge on any atom is 0.246 e. The summed E-state index contributed by atoms with van der Waals surface area (Å²) in [6, 6.07) is 27.9. The summed E-state index contributed by atoms with van der Waals surface area (Å²) < 4.78 is 0. The largest absolute Gasteiger partial charge is 0.376 e. The fourth-order valence-electron chi connectivity index (χ4n) is 2.64. The van der Waals surface area contributed by atoms with Crippen molar-refractivity contribution >= 4 is 17.3 Å². The Bertz CT molecular complexity index is 798. The zero-order valence-corrected chi connectivity index (χ0v) is 14.4. The molecule has 0 spiro atoms. The van der Waals surface area contributed by atoms with Gasteiger partial charge in [-0.05, 0) is 36.8 Å². The van der Waals surface area contributed by atoms with Gasteiger partial charge in [0.05, 0.1) is 13.1 Å². The van der Waals surface area contributed by atoms with E-state index in [9.17, 15) is 4.79 Å². The van der Waals surface area contributed by atoms with Crippen LogP contribution in [-0.2, 0) is 11.3 Å². The summed E-state index contributed by atoms with van der Waals surface area (Å²) in [5.74, 6) is 0.0376. The van der Waals surface area contributed by atoms with Crippen LogP contribution in [-0.4, -0.2) is 12.5 Å². The van der Waals surface area contributed by atoms with Crippen molar-refractivity contribution in [2.24, 2.45) is 0 Å². The van der Waals surface area contributed by atoms with Crippen LogP contribution in [0, 0.1) is 6.92 Å². The van der Waals surface area contributed by atoms with E-state index < -0.39 is 0 Å². The fourth-order valence-corrected chi connectivity index (χ4v) is 2.64. The number of carbonyl (C=O) groups excluding carboxylic acids is 1. The van der Waals surface area contributed by atoms with E-state index in [1.807, 2.05) is 96.8 Å². The average molecular weight is 330 g/mol. The number of nitrogens with one attached hydrogen (secondary N) is 1. The molecule has 0 atom stereocenters. The summed E-state index contributed by atoms with van der Waals surface area (Å²) in [7, 11) is 0. The highest BCUT2D eigenvalue weighted by Crippen LogP contribution is 2.17. The number of carbonyl (C=O) groups is 1. The van der Waals surface area contributed by atoms with Crippen molar-refractivity contribution in [3.63, 3.8) is 0 Å². The number of hydrogen-bond donors (Lipinski definition) is 1. The lowest BCUT2D eigenvalue weighted by Gasteiger charge is -2.23. The molecule has 0 aliphatic heterocycles. The second-order valence-electron chi connectivity index (χ2n) is 6.02. The molecule has 0 fully saturated rings. The van der Waals surface area contributed by atoms with Crippen LogP contribution in [0.25, 0.3) is 0 Å². The van der Waals surface area contributed by atoms with Gasteiger partial charge in [-0.1, -0.05) is 66.2 Å². The van der Waals surface area contributed by atoms with Gasteiger partial charge in [-0.15, -0.1) is 0 Å². The van der Waals surface area contributed by atoms with E-state index in [1.54, 1.807) is 0 Å². The summed E-state index contributed by atoms with van der Waals surface area (Å²) in [5, 5.41) is 3.22. The van der Waals surface area contributed by atoms with Crippen LogP contribution >= 0.6 is 0 Å². The van der Waals surface area contributed by atoms with Crippen LogP contribution < -0.4 is 10.2 Å². The van der Waals surface area contributed by atoms with E-state index in [1.165, 1.54) is 5.56 Å². The monoisotopic (exact) mass is 330 g/mol. The molecule has 3 aromatic carbocycles. The molecule has 0 aliphatic carbocycles. The molecule has 0 aliphatic rings. The summed E-state index contributed by atoms with van der Waals surface area (Å²) in [6.45, 7) is 2.86. The number of anilines is 2. The van der Waals surface area contributed by atoms with Crippen LogP contribution in [0.2, 0.25) is 0 Å². The summed E-state index contributed by atoms with van der Waals surface area (Å²) >= 11 is 0. The first kappa shape index (κ1) is 16.8. The molecule has 0 bridgehead atoms. The number of amides is 1. The Morgan fingerprint density at radius 3 is 2.08 bits per heavy atom. The molecule has 126 valence electrons. The highest BCUT2D eigenvalue weighted by molar-refractivity contribution is 5.96. The molecular formula is C22H22N2O. The first-order valence-corrected chi connectivity index (χ1v) is 8.42. The lowest BCUT2D eigenvalue weighted by Crippen LogP contribution is -2.35. The Balaban J connectivity index is 1.74. The average Bonchev–Trinajstić information content (AvgIpc) is 2.67. The van der Waals surface area contributed by atoms with E-state index >= 15 is 0 Å². The molecule has 1 amide bonds. The van der Waals surface area contributed by atoms with Crippen molar-refractivity contribution in [1.82, 2.24) is 0 Å². The Labute approximate surface area is 148 Å². The minimum Gasteiger partial charge on any atom is -0.376 e.